The molecule has 1 atom stereocenters. The van der Waals surface area contributed by atoms with E-state index >= 15 is 0 Å². The molecule has 0 saturated heterocycles. The van der Waals surface area contributed by atoms with Gasteiger partial charge in [0.2, 0.25) is 0 Å². The number of H-pyrrole nitrogens is 1. The van der Waals surface area contributed by atoms with E-state index in [-0.39, 0.29) is 11.9 Å². The van der Waals surface area contributed by atoms with Gasteiger partial charge in [-0.15, -0.1) is 0 Å². The normalized spacial score (nSPS) is 12.4. The molecule has 2 aromatic rings. The van der Waals surface area contributed by atoms with Crippen LogP contribution in [-0.2, 0) is 6.42 Å². The van der Waals surface area contributed by atoms with Gasteiger partial charge in [-0.05, 0) is 47.2 Å². The van der Waals surface area contributed by atoms with Crippen LogP contribution in [0.1, 0.15) is 54.9 Å². The van der Waals surface area contributed by atoms with Crippen molar-refractivity contribution in [3.63, 3.8) is 0 Å². The van der Waals surface area contributed by atoms with Gasteiger partial charge in [0.15, 0.2) is 5.69 Å². The fourth-order valence-corrected chi connectivity index (χ4v) is 3.08. The Morgan fingerprint density at radius 2 is 1.95 bits per heavy atom. The van der Waals surface area contributed by atoms with Gasteiger partial charge in [-0.3, -0.25) is 9.89 Å². The van der Waals surface area contributed by atoms with Crippen LogP contribution in [0.2, 0.25) is 0 Å². The number of aromatic nitrogens is 2. The van der Waals surface area contributed by atoms with Gasteiger partial charge in [0.25, 0.3) is 5.91 Å². The molecular formula is C17H22BrN3O. The van der Waals surface area contributed by atoms with Crippen LogP contribution < -0.4 is 5.32 Å². The maximum Gasteiger partial charge on any atom is 0.273 e. The van der Waals surface area contributed by atoms with Crippen LogP contribution in [0.5, 0.6) is 0 Å². The van der Waals surface area contributed by atoms with Crippen LogP contribution in [0.15, 0.2) is 34.8 Å². The Labute approximate surface area is 139 Å². The van der Waals surface area contributed by atoms with Crippen LogP contribution in [0.25, 0.3) is 0 Å². The Balaban J connectivity index is 1.91. The molecule has 1 aromatic carbocycles. The predicted octanol–water partition coefficient (Wildman–Crippen LogP) is 4.05. The predicted molar refractivity (Wildman–Crippen MR) is 92.1 cm³/mol. The van der Waals surface area contributed by atoms with Crippen molar-refractivity contribution >= 4 is 21.8 Å². The number of rotatable bonds is 6. The maximum absolute atomic E-state index is 12.3. The zero-order valence-corrected chi connectivity index (χ0v) is 14.8. The highest BCUT2D eigenvalue weighted by atomic mass is 79.9. The van der Waals surface area contributed by atoms with Crippen LogP contribution >= 0.6 is 15.9 Å². The lowest BCUT2D eigenvalue weighted by Gasteiger charge is -2.13. The van der Waals surface area contributed by atoms with Crippen molar-refractivity contribution in [3.05, 3.63) is 51.8 Å². The molecule has 0 spiro atoms. The molecule has 2 rings (SSSR count). The molecule has 0 fully saturated rings. The minimum absolute atomic E-state index is 0.0961. The highest BCUT2D eigenvalue weighted by Crippen LogP contribution is 2.25. The Morgan fingerprint density at radius 1 is 1.27 bits per heavy atom. The van der Waals surface area contributed by atoms with E-state index in [1.165, 1.54) is 5.56 Å². The van der Waals surface area contributed by atoms with E-state index in [9.17, 15) is 4.79 Å². The van der Waals surface area contributed by atoms with E-state index in [0.717, 1.165) is 23.0 Å². The van der Waals surface area contributed by atoms with Crippen molar-refractivity contribution in [2.24, 2.45) is 0 Å². The molecule has 22 heavy (non-hydrogen) atoms. The molecule has 1 unspecified atom stereocenters. The number of aromatic amines is 1. The van der Waals surface area contributed by atoms with Crippen LogP contribution in [0.4, 0.5) is 0 Å². The second kappa shape index (κ2) is 7.58. The Kier molecular flexibility index (Phi) is 5.77. The number of carbonyl (C=O) groups is 1. The first-order valence-electron chi connectivity index (χ1n) is 7.57. The first-order valence-corrected chi connectivity index (χ1v) is 8.37. The second-order valence-corrected chi connectivity index (χ2v) is 6.65. The number of hydrogen-bond donors (Lipinski definition) is 2. The fraction of sp³-hybridized carbons (Fsp3) is 0.412. The molecule has 5 heteroatoms. The van der Waals surface area contributed by atoms with E-state index in [1.54, 1.807) is 0 Å². The minimum atomic E-state index is -0.143. The molecule has 1 heterocycles. The van der Waals surface area contributed by atoms with Crippen LogP contribution in [0, 0.1) is 0 Å². The van der Waals surface area contributed by atoms with Gasteiger partial charge >= 0.3 is 0 Å². The molecule has 4 nitrogen and oxygen atoms in total. The largest absolute Gasteiger partial charge is 0.348 e. The summed E-state index contributed by atoms with van der Waals surface area (Å²) in [7, 11) is 0. The standard InChI is InChI=1S/C17H22BrN3O/c1-11(2)15-14(18)16(21-20-15)17(22)19-12(3)9-10-13-7-5-4-6-8-13/h4-8,11-12H,9-10H2,1-3H3,(H,19,22)(H,20,21). The third kappa shape index (κ3) is 4.19. The van der Waals surface area contributed by atoms with Crippen molar-refractivity contribution < 1.29 is 4.79 Å². The van der Waals surface area contributed by atoms with Gasteiger partial charge in [-0.2, -0.15) is 5.10 Å². The zero-order chi connectivity index (χ0) is 16.1. The summed E-state index contributed by atoms with van der Waals surface area (Å²) in [5.74, 6) is 0.148. The molecule has 0 radical (unpaired) electrons. The molecule has 0 aliphatic heterocycles. The van der Waals surface area contributed by atoms with Crippen molar-refractivity contribution in [3.8, 4) is 0 Å². The number of aryl methyl sites for hydroxylation is 1. The summed E-state index contributed by atoms with van der Waals surface area (Å²) in [6.07, 6.45) is 1.84. The SMILES string of the molecule is CC(CCc1ccccc1)NC(=O)c1n[nH]c(C(C)C)c1Br. The van der Waals surface area contributed by atoms with Crippen molar-refractivity contribution in [2.45, 2.75) is 45.6 Å². The molecule has 0 saturated carbocycles. The van der Waals surface area contributed by atoms with Gasteiger partial charge < -0.3 is 5.32 Å². The lowest BCUT2D eigenvalue weighted by Crippen LogP contribution is -2.33. The van der Waals surface area contributed by atoms with E-state index in [4.69, 9.17) is 0 Å². The number of nitrogens with zero attached hydrogens (tertiary/aromatic N) is 1. The zero-order valence-electron chi connectivity index (χ0n) is 13.2. The molecule has 1 aromatic heterocycles. The Hall–Kier alpha value is -1.62. The molecule has 0 aliphatic rings. The molecule has 2 N–H and O–H groups in total. The monoisotopic (exact) mass is 363 g/mol. The summed E-state index contributed by atoms with van der Waals surface area (Å²) < 4.78 is 0.759. The summed E-state index contributed by atoms with van der Waals surface area (Å²) in [6, 6.07) is 10.4. The maximum atomic E-state index is 12.3. The number of hydrogen-bond acceptors (Lipinski definition) is 2. The van der Waals surface area contributed by atoms with E-state index in [1.807, 2.05) is 25.1 Å². The smallest absolute Gasteiger partial charge is 0.273 e. The molecule has 118 valence electrons. The highest BCUT2D eigenvalue weighted by Gasteiger charge is 2.20. The summed E-state index contributed by atoms with van der Waals surface area (Å²) in [5, 5.41) is 10.1. The number of amides is 1. The highest BCUT2D eigenvalue weighted by molar-refractivity contribution is 9.10. The number of carbonyl (C=O) groups excluding carboxylic acids is 1. The Bertz CT molecular complexity index is 622. The summed E-state index contributed by atoms with van der Waals surface area (Å²) in [4.78, 5) is 12.3. The van der Waals surface area contributed by atoms with Gasteiger partial charge in [0.1, 0.15) is 0 Å². The average Bonchev–Trinajstić information content (AvgIpc) is 2.88. The third-order valence-corrected chi connectivity index (χ3v) is 4.41. The molecule has 1 amide bonds. The van der Waals surface area contributed by atoms with E-state index in [2.05, 4.69) is 57.4 Å². The number of benzene rings is 1. The van der Waals surface area contributed by atoms with Crippen LogP contribution in [0.3, 0.4) is 0 Å². The lowest BCUT2D eigenvalue weighted by atomic mass is 10.1. The third-order valence-electron chi connectivity index (χ3n) is 3.61. The quantitative estimate of drug-likeness (QED) is 0.813. The first-order chi connectivity index (χ1) is 10.5. The minimum Gasteiger partial charge on any atom is -0.348 e. The van der Waals surface area contributed by atoms with Gasteiger partial charge in [-0.1, -0.05) is 44.2 Å². The second-order valence-electron chi connectivity index (χ2n) is 5.85. The van der Waals surface area contributed by atoms with Crippen LogP contribution in [-0.4, -0.2) is 22.1 Å². The summed E-state index contributed by atoms with van der Waals surface area (Å²) in [5.41, 5.74) is 2.66. The van der Waals surface area contributed by atoms with E-state index < -0.39 is 0 Å². The first kappa shape index (κ1) is 16.7. The fourth-order valence-electron chi connectivity index (χ4n) is 2.27. The van der Waals surface area contributed by atoms with Gasteiger partial charge in [-0.25, -0.2) is 0 Å². The average molecular weight is 364 g/mol. The lowest BCUT2D eigenvalue weighted by molar-refractivity contribution is 0.0932. The van der Waals surface area contributed by atoms with Gasteiger partial charge in [0, 0.05) is 6.04 Å². The van der Waals surface area contributed by atoms with Crippen molar-refractivity contribution in [1.29, 1.82) is 0 Å². The topological polar surface area (TPSA) is 57.8 Å². The Morgan fingerprint density at radius 3 is 2.55 bits per heavy atom. The molecule has 0 aliphatic carbocycles. The summed E-state index contributed by atoms with van der Waals surface area (Å²) >= 11 is 3.46. The summed E-state index contributed by atoms with van der Waals surface area (Å²) in [6.45, 7) is 6.13. The number of halogens is 1. The molecule has 0 bridgehead atoms. The van der Waals surface area contributed by atoms with Gasteiger partial charge in [0.05, 0.1) is 10.2 Å². The number of nitrogens with one attached hydrogen (secondary N) is 2. The van der Waals surface area contributed by atoms with Crippen molar-refractivity contribution in [2.75, 3.05) is 0 Å². The van der Waals surface area contributed by atoms with E-state index in [0.29, 0.717) is 11.6 Å². The molecular weight excluding hydrogens is 342 g/mol. The van der Waals surface area contributed by atoms with Crippen molar-refractivity contribution in [1.82, 2.24) is 15.5 Å².